The molecule has 24 heavy (non-hydrogen) atoms. The number of allylic oxidation sites excluding steroid dienone is 3. The lowest BCUT2D eigenvalue weighted by Crippen LogP contribution is -2.33. The summed E-state index contributed by atoms with van der Waals surface area (Å²) in [7, 11) is -3.63. The molecule has 0 saturated carbocycles. The van der Waals surface area contributed by atoms with Crippen LogP contribution in [0, 0.1) is 6.92 Å². The van der Waals surface area contributed by atoms with Crippen molar-refractivity contribution in [3.05, 3.63) is 57.3 Å². The van der Waals surface area contributed by atoms with Crippen LogP contribution >= 0.6 is 0 Å². The molecule has 1 unspecified atom stereocenters. The Labute approximate surface area is 143 Å². The maximum Gasteiger partial charge on any atom is 0.334 e. The minimum Gasteiger partial charge on any atom is -0.478 e. The fraction of sp³-hybridized carbons (Fsp3) is 0.389. The van der Waals surface area contributed by atoms with E-state index >= 15 is 0 Å². The summed E-state index contributed by atoms with van der Waals surface area (Å²) < 4.78 is 25.8. The standard InChI is InChI=1S/C18H23NO4S/c1-10(2)24(22,23)17-13(5)19-12(4)15(18(20)21)16(17)14-8-6-11(3)7-9-14/h6-10,16,19H,1-5H3,(H,20,21). The van der Waals surface area contributed by atoms with Gasteiger partial charge in [0.25, 0.3) is 0 Å². The first-order valence-electron chi connectivity index (χ1n) is 7.79. The number of carboxylic acid groups (broad SMARTS) is 1. The lowest BCUT2D eigenvalue weighted by Gasteiger charge is -2.31. The average molecular weight is 349 g/mol. The maximum atomic E-state index is 12.9. The summed E-state index contributed by atoms with van der Waals surface area (Å²) in [5.74, 6) is -1.92. The molecule has 0 fully saturated rings. The molecular formula is C18H23NO4S. The van der Waals surface area contributed by atoms with E-state index in [1.165, 1.54) is 0 Å². The molecule has 1 heterocycles. The first-order chi connectivity index (χ1) is 11.1. The first kappa shape index (κ1) is 18.3. The van der Waals surface area contributed by atoms with Crippen LogP contribution in [0.4, 0.5) is 0 Å². The minimum absolute atomic E-state index is 0.0729. The van der Waals surface area contributed by atoms with E-state index in [0.717, 1.165) is 5.56 Å². The second-order valence-corrected chi connectivity index (χ2v) is 8.87. The van der Waals surface area contributed by atoms with Crippen molar-refractivity contribution >= 4 is 15.8 Å². The molecule has 1 atom stereocenters. The predicted molar refractivity (Wildman–Crippen MR) is 94.1 cm³/mol. The van der Waals surface area contributed by atoms with Gasteiger partial charge in [0.15, 0.2) is 9.84 Å². The topological polar surface area (TPSA) is 83.5 Å². The van der Waals surface area contributed by atoms with Gasteiger partial charge < -0.3 is 10.4 Å². The molecule has 0 aliphatic carbocycles. The number of aliphatic carboxylic acids is 1. The third kappa shape index (κ3) is 3.11. The molecule has 0 saturated heterocycles. The number of hydrogen-bond acceptors (Lipinski definition) is 4. The van der Waals surface area contributed by atoms with Crippen molar-refractivity contribution in [2.75, 3.05) is 0 Å². The molecular weight excluding hydrogens is 326 g/mol. The van der Waals surface area contributed by atoms with Crippen molar-refractivity contribution in [1.29, 1.82) is 0 Å². The molecule has 1 aromatic rings. The number of carboxylic acids is 1. The number of carbonyl (C=O) groups is 1. The van der Waals surface area contributed by atoms with E-state index in [0.29, 0.717) is 17.0 Å². The van der Waals surface area contributed by atoms with E-state index < -0.39 is 27.0 Å². The van der Waals surface area contributed by atoms with Gasteiger partial charge in [-0.2, -0.15) is 0 Å². The molecule has 0 amide bonds. The van der Waals surface area contributed by atoms with Gasteiger partial charge in [-0.1, -0.05) is 29.8 Å². The molecule has 1 aromatic carbocycles. The van der Waals surface area contributed by atoms with Crippen molar-refractivity contribution < 1.29 is 18.3 Å². The quantitative estimate of drug-likeness (QED) is 0.873. The number of rotatable bonds is 4. The number of dihydropyridines is 1. The number of hydrogen-bond donors (Lipinski definition) is 2. The van der Waals surface area contributed by atoms with Crippen LogP contribution in [0.2, 0.25) is 0 Å². The second kappa shape index (κ2) is 6.43. The molecule has 1 aliphatic heterocycles. The Morgan fingerprint density at radius 2 is 1.62 bits per heavy atom. The summed E-state index contributed by atoms with van der Waals surface area (Å²) in [5, 5.41) is 12.0. The van der Waals surface area contributed by atoms with Gasteiger partial charge in [0.1, 0.15) is 0 Å². The highest BCUT2D eigenvalue weighted by Gasteiger charge is 2.40. The third-order valence-corrected chi connectivity index (χ3v) is 6.66. The van der Waals surface area contributed by atoms with E-state index in [9.17, 15) is 18.3 Å². The van der Waals surface area contributed by atoms with E-state index in [1.54, 1.807) is 39.8 Å². The van der Waals surface area contributed by atoms with Gasteiger partial charge in [0, 0.05) is 11.4 Å². The molecule has 130 valence electrons. The summed E-state index contributed by atoms with van der Waals surface area (Å²) >= 11 is 0. The molecule has 2 rings (SSSR count). The predicted octanol–water partition coefficient (Wildman–Crippen LogP) is 3.10. The van der Waals surface area contributed by atoms with Crippen molar-refractivity contribution in [2.45, 2.75) is 45.8 Å². The third-order valence-electron chi connectivity index (χ3n) is 4.27. The van der Waals surface area contributed by atoms with Gasteiger partial charge in [-0.05, 0) is 40.2 Å². The Balaban J connectivity index is 2.78. The van der Waals surface area contributed by atoms with Crippen molar-refractivity contribution in [3.8, 4) is 0 Å². The van der Waals surface area contributed by atoms with Crippen molar-refractivity contribution in [3.63, 3.8) is 0 Å². The fourth-order valence-corrected chi connectivity index (χ4v) is 4.53. The number of nitrogens with one attached hydrogen (secondary N) is 1. The SMILES string of the molecule is CC1=C(C(=O)O)C(c2ccc(C)cc2)C(S(=O)(=O)C(C)C)=C(C)N1. The van der Waals surface area contributed by atoms with Crippen LogP contribution in [0.5, 0.6) is 0 Å². The molecule has 1 aliphatic rings. The molecule has 0 bridgehead atoms. The summed E-state index contributed by atoms with van der Waals surface area (Å²) in [4.78, 5) is 12.0. The number of sulfone groups is 1. The Bertz CT molecular complexity index is 830. The van der Waals surface area contributed by atoms with Crippen molar-refractivity contribution in [2.24, 2.45) is 0 Å². The Morgan fingerprint density at radius 3 is 2.08 bits per heavy atom. The molecule has 0 spiro atoms. The highest BCUT2D eigenvalue weighted by Crippen LogP contribution is 2.41. The Morgan fingerprint density at radius 1 is 1.08 bits per heavy atom. The van der Waals surface area contributed by atoms with E-state index in [2.05, 4.69) is 5.32 Å². The van der Waals surface area contributed by atoms with E-state index in [4.69, 9.17) is 0 Å². The van der Waals surface area contributed by atoms with Gasteiger partial charge in [-0.25, -0.2) is 13.2 Å². The first-order valence-corrected chi connectivity index (χ1v) is 9.34. The monoisotopic (exact) mass is 349 g/mol. The fourth-order valence-electron chi connectivity index (χ4n) is 2.97. The van der Waals surface area contributed by atoms with Crippen molar-refractivity contribution in [1.82, 2.24) is 5.32 Å². The van der Waals surface area contributed by atoms with Crippen LogP contribution in [-0.2, 0) is 14.6 Å². The van der Waals surface area contributed by atoms with Crippen LogP contribution in [0.15, 0.2) is 46.1 Å². The lowest BCUT2D eigenvalue weighted by atomic mass is 9.86. The minimum atomic E-state index is -3.63. The van der Waals surface area contributed by atoms with Crippen LogP contribution < -0.4 is 5.32 Å². The summed E-state index contributed by atoms with van der Waals surface area (Å²) in [6.45, 7) is 8.48. The molecule has 5 nitrogen and oxygen atoms in total. The molecule has 0 radical (unpaired) electrons. The van der Waals surface area contributed by atoms with Gasteiger partial charge in [-0.3, -0.25) is 0 Å². The van der Waals surface area contributed by atoms with Crippen LogP contribution in [0.3, 0.4) is 0 Å². The highest BCUT2D eigenvalue weighted by atomic mass is 32.2. The Hall–Kier alpha value is -2.08. The zero-order valence-electron chi connectivity index (χ0n) is 14.5. The largest absolute Gasteiger partial charge is 0.478 e. The smallest absolute Gasteiger partial charge is 0.334 e. The average Bonchev–Trinajstić information content (AvgIpc) is 2.46. The van der Waals surface area contributed by atoms with Crippen LogP contribution in [0.25, 0.3) is 0 Å². The van der Waals surface area contributed by atoms with Crippen LogP contribution in [-0.4, -0.2) is 24.7 Å². The van der Waals surface area contributed by atoms with Gasteiger partial charge in [0.2, 0.25) is 0 Å². The molecule has 0 aromatic heterocycles. The van der Waals surface area contributed by atoms with Gasteiger partial charge >= 0.3 is 5.97 Å². The molecule has 6 heteroatoms. The summed E-state index contributed by atoms with van der Waals surface area (Å²) in [6, 6.07) is 7.32. The van der Waals surface area contributed by atoms with Gasteiger partial charge in [0.05, 0.1) is 21.6 Å². The number of aryl methyl sites for hydroxylation is 1. The zero-order valence-corrected chi connectivity index (χ0v) is 15.4. The normalized spacial score (nSPS) is 18.8. The molecule has 2 N–H and O–H groups in total. The number of benzene rings is 1. The van der Waals surface area contributed by atoms with Gasteiger partial charge in [-0.15, -0.1) is 0 Å². The van der Waals surface area contributed by atoms with Crippen LogP contribution in [0.1, 0.15) is 44.7 Å². The highest BCUT2D eigenvalue weighted by molar-refractivity contribution is 7.95. The summed E-state index contributed by atoms with van der Waals surface area (Å²) in [5.41, 5.74) is 2.71. The zero-order chi connectivity index (χ0) is 18.2. The van der Waals surface area contributed by atoms with E-state index in [-0.39, 0.29) is 10.5 Å². The lowest BCUT2D eigenvalue weighted by molar-refractivity contribution is -0.133. The summed E-state index contributed by atoms with van der Waals surface area (Å²) in [6.07, 6.45) is 0. The van der Waals surface area contributed by atoms with E-state index in [1.807, 2.05) is 19.1 Å². The second-order valence-electron chi connectivity index (χ2n) is 6.40. The Kier molecular flexibility index (Phi) is 4.90. The maximum absolute atomic E-state index is 12.9.